The van der Waals surface area contributed by atoms with Crippen LogP contribution in [-0.2, 0) is 6.42 Å². The van der Waals surface area contributed by atoms with Crippen molar-refractivity contribution in [2.45, 2.75) is 67.0 Å². The lowest BCUT2D eigenvalue weighted by molar-refractivity contribution is 0.0741. The third kappa shape index (κ3) is 11.4. The summed E-state index contributed by atoms with van der Waals surface area (Å²) in [6, 6.07) is 14.4. The molecule has 0 heterocycles. The molecule has 0 radical (unpaired) electrons. The Balaban J connectivity index is 2.28. The minimum absolute atomic E-state index is 0.0144. The van der Waals surface area contributed by atoms with Gasteiger partial charge in [-0.1, -0.05) is 63.6 Å². The van der Waals surface area contributed by atoms with Crippen LogP contribution in [0.3, 0.4) is 0 Å². The third-order valence-corrected chi connectivity index (χ3v) is 6.92. The molecular formula is C33H53N5O. The molecule has 0 aliphatic carbocycles. The molecule has 0 spiro atoms. The van der Waals surface area contributed by atoms with Crippen molar-refractivity contribution >= 4 is 17.3 Å². The Hall–Kier alpha value is -2.83. The predicted octanol–water partition coefficient (Wildman–Crippen LogP) is 6.17. The molecule has 2 aromatic carbocycles. The van der Waals surface area contributed by atoms with E-state index in [1.807, 2.05) is 23.1 Å². The second-order valence-corrected chi connectivity index (χ2v) is 11.9. The zero-order valence-corrected chi connectivity index (χ0v) is 25.7. The standard InChI is InChI=1S/C33H53N5O/c1-25(2)17-22-37(23-18-26(3)4)33(39)30-14-15-31(34)32(24-30)38(21-9-20-36(7)8)28(6)35-19-16-29-12-10-27(5)11-13-29/h9-15,21,24-26,28,35H,16-20,22-23,34H2,1-8H3/b21-9+. The molecule has 6 heteroatoms. The quantitative estimate of drug-likeness (QED) is 0.199. The van der Waals surface area contributed by atoms with Crippen LogP contribution in [0.1, 0.15) is 68.9 Å². The van der Waals surface area contributed by atoms with E-state index in [0.29, 0.717) is 23.1 Å². The molecule has 2 rings (SSSR count). The molecule has 216 valence electrons. The van der Waals surface area contributed by atoms with Gasteiger partial charge in [-0.15, -0.1) is 0 Å². The second-order valence-electron chi connectivity index (χ2n) is 11.9. The Bertz CT molecular complexity index is 1020. The van der Waals surface area contributed by atoms with Gasteiger partial charge in [0, 0.05) is 37.9 Å². The van der Waals surface area contributed by atoms with Crippen LogP contribution >= 0.6 is 0 Å². The number of carbonyl (C=O) groups excluding carboxylic acids is 1. The molecular weight excluding hydrogens is 482 g/mol. The molecule has 6 nitrogen and oxygen atoms in total. The van der Waals surface area contributed by atoms with Gasteiger partial charge in [0.2, 0.25) is 0 Å². The molecule has 1 unspecified atom stereocenters. The maximum Gasteiger partial charge on any atom is 0.253 e. The van der Waals surface area contributed by atoms with E-state index in [9.17, 15) is 4.79 Å². The van der Waals surface area contributed by atoms with Crippen LogP contribution < -0.4 is 16.0 Å². The molecule has 0 saturated carbocycles. The molecule has 0 aliphatic heterocycles. The van der Waals surface area contributed by atoms with Crippen LogP contribution in [-0.4, -0.2) is 62.1 Å². The molecule has 0 saturated heterocycles. The van der Waals surface area contributed by atoms with Gasteiger partial charge in [-0.2, -0.15) is 0 Å². The van der Waals surface area contributed by atoms with Crippen molar-refractivity contribution in [2.75, 3.05) is 50.9 Å². The normalized spacial score (nSPS) is 12.6. The van der Waals surface area contributed by atoms with E-state index in [2.05, 4.69) is 107 Å². The Labute approximate surface area is 238 Å². The lowest BCUT2D eigenvalue weighted by Gasteiger charge is -2.31. The van der Waals surface area contributed by atoms with E-state index >= 15 is 0 Å². The number of nitrogens with one attached hydrogen (secondary N) is 1. The zero-order chi connectivity index (χ0) is 28.9. The lowest BCUT2D eigenvalue weighted by atomic mass is 10.1. The fourth-order valence-electron chi connectivity index (χ4n) is 4.29. The van der Waals surface area contributed by atoms with Gasteiger partial charge in [-0.3, -0.25) is 10.1 Å². The maximum atomic E-state index is 13.7. The van der Waals surface area contributed by atoms with Crippen molar-refractivity contribution in [3.05, 3.63) is 71.4 Å². The molecule has 0 fully saturated rings. The van der Waals surface area contributed by atoms with Crippen LogP contribution in [0.25, 0.3) is 0 Å². The first-order valence-electron chi connectivity index (χ1n) is 14.5. The summed E-state index contributed by atoms with van der Waals surface area (Å²) in [6.07, 6.45) is 7.12. The number of likely N-dealkylation sites (N-methyl/N-ethyl adjacent to an activating group) is 1. The number of nitrogens with two attached hydrogens (primary N) is 1. The van der Waals surface area contributed by atoms with E-state index in [1.54, 1.807) is 0 Å². The lowest BCUT2D eigenvalue weighted by Crippen LogP contribution is -2.42. The molecule has 2 aromatic rings. The Morgan fingerprint density at radius 3 is 2.13 bits per heavy atom. The number of anilines is 2. The van der Waals surface area contributed by atoms with E-state index in [0.717, 1.165) is 51.1 Å². The fraction of sp³-hybridized carbons (Fsp3) is 0.545. The average molecular weight is 536 g/mol. The number of nitrogen functional groups attached to an aromatic ring is 1. The summed E-state index contributed by atoms with van der Waals surface area (Å²) in [5.74, 6) is 1.17. The van der Waals surface area contributed by atoms with Crippen LogP contribution in [0.2, 0.25) is 0 Å². The Kier molecular flexibility index (Phi) is 13.5. The monoisotopic (exact) mass is 535 g/mol. The first kappa shape index (κ1) is 32.4. The summed E-state index contributed by atoms with van der Waals surface area (Å²) < 4.78 is 0. The number of rotatable bonds is 16. The topological polar surface area (TPSA) is 64.8 Å². The van der Waals surface area contributed by atoms with Gasteiger partial charge >= 0.3 is 0 Å². The minimum atomic E-state index is -0.0144. The van der Waals surface area contributed by atoms with Crippen LogP contribution in [0.5, 0.6) is 0 Å². The van der Waals surface area contributed by atoms with Crippen molar-refractivity contribution in [2.24, 2.45) is 11.8 Å². The number of hydrogen-bond acceptors (Lipinski definition) is 5. The summed E-state index contributed by atoms with van der Waals surface area (Å²) in [5.41, 5.74) is 11.3. The minimum Gasteiger partial charge on any atom is -0.397 e. The van der Waals surface area contributed by atoms with Gasteiger partial charge in [0.25, 0.3) is 5.91 Å². The van der Waals surface area contributed by atoms with Crippen molar-refractivity contribution < 1.29 is 4.79 Å². The Morgan fingerprint density at radius 2 is 1.56 bits per heavy atom. The zero-order valence-electron chi connectivity index (χ0n) is 25.7. The van der Waals surface area contributed by atoms with Gasteiger partial charge in [-0.25, -0.2) is 0 Å². The maximum absolute atomic E-state index is 13.7. The smallest absolute Gasteiger partial charge is 0.253 e. The summed E-state index contributed by atoms with van der Waals surface area (Å²) in [7, 11) is 4.10. The highest BCUT2D eigenvalue weighted by Crippen LogP contribution is 2.27. The van der Waals surface area contributed by atoms with E-state index in [1.165, 1.54) is 11.1 Å². The first-order chi connectivity index (χ1) is 18.5. The van der Waals surface area contributed by atoms with Gasteiger partial charge in [-0.05, 0) is 82.8 Å². The molecule has 3 N–H and O–H groups in total. The Morgan fingerprint density at radius 1 is 0.949 bits per heavy atom. The van der Waals surface area contributed by atoms with Crippen molar-refractivity contribution in [1.82, 2.24) is 15.1 Å². The van der Waals surface area contributed by atoms with Crippen LogP contribution in [0, 0.1) is 18.8 Å². The average Bonchev–Trinajstić information content (AvgIpc) is 2.87. The predicted molar refractivity (Wildman–Crippen MR) is 168 cm³/mol. The van der Waals surface area contributed by atoms with Crippen molar-refractivity contribution in [3.63, 3.8) is 0 Å². The van der Waals surface area contributed by atoms with Crippen LogP contribution in [0.15, 0.2) is 54.7 Å². The first-order valence-corrected chi connectivity index (χ1v) is 14.5. The number of carbonyl (C=O) groups is 1. The SMILES string of the molecule is Cc1ccc(CCNC(C)N(/C=C/CN(C)C)c2cc(C(=O)N(CCC(C)C)CCC(C)C)ccc2N)cc1. The van der Waals surface area contributed by atoms with Gasteiger partial charge in [0.05, 0.1) is 17.5 Å². The molecule has 1 atom stereocenters. The highest BCUT2D eigenvalue weighted by atomic mass is 16.2. The number of benzene rings is 2. The molecule has 0 bridgehead atoms. The van der Waals surface area contributed by atoms with E-state index in [4.69, 9.17) is 5.73 Å². The molecule has 1 amide bonds. The number of hydrogen-bond donors (Lipinski definition) is 2. The molecule has 39 heavy (non-hydrogen) atoms. The van der Waals surface area contributed by atoms with Crippen molar-refractivity contribution in [3.8, 4) is 0 Å². The number of amides is 1. The van der Waals surface area contributed by atoms with Crippen molar-refractivity contribution in [1.29, 1.82) is 0 Å². The number of nitrogens with zero attached hydrogens (tertiary/aromatic N) is 3. The van der Waals surface area contributed by atoms with Gasteiger partial charge < -0.3 is 20.4 Å². The largest absolute Gasteiger partial charge is 0.397 e. The molecule has 0 aromatic heterocycles. The van der Waals surface area contributed by atoms with Crippen LogP contribution in [0.4, 0.5) is 11.4 Å². The fourth-order valence-corrected chi connectivity index (χ4v) is 4.29. The highest BCUT2D eigenvalue weighted by molar-refractivity contribution is 5.96. The highest BCUT2D eigenvalue weighted by Gasteiger charge is 2.21. The summed E-state index contributed by atoms with van der Waals surface area (Å²) >= 11 is 0. The summed E-state index contributed by atoms with van der Waals surface area (Å²) in [6.45, 7) is 16.3. The summed E-state index contributed by atoms with van der Waals surface area (Å²) in [5, 5.41) is 3.66. The third-order valence-electron chi connectivity index (χ3n) is 6.92. The summed E-state index contributed by atoms with van der Waals surface area (Å²) in [4.78, 5) is 20.0. The molecule has 0 aliphatic rings. The second kappa shape index (κ2) is 16.3. The van der Waals surface area contributed by atoms with Gasteiger partial charge in [0.15, 0.2) is 0 Å². The van der Waals surface area contributed by atoms with E-state index in [-0.39, 0.29) is 12.1 Å². The van der Waals surface area contributed by atoms with E-state index < -0.39 is 0 Å². The van der Waals surface area contributed by atoms with Gasteiger partial charge in [0.1, 0.15) is 0 Å². The number of aryl methyl sites for hydroxylation is 1.